The Morgan fingerprint density at radius 2 is 1.96 bits per heavy atom. The second-order valence-electron chi connectivity index (χ2n) is 9.19. The predicted octanol–water partition coefficient (Wildman–Crippen LogP) is 4.15. The van der Waals surface area contributed by atoms with E-state index in [0.29, 0.717) is 32.0 Å². The van der Waals surface area contributed by atoms with Crippen LogP contribution in [0.3, 0.4) is 0 Å². The second-order valence-corrected chi connectivity index (χ2v) is 9.19. The van der Waals surface area contributed by atoms with Gasteiger partial charge in [-0.25, -0.2) is 0 Å². The molecule has 2 N–H and O–H groups in total. The lowest BCUT2D eigenvalue weighted by Crippen LogP contribution is -2.39. The number of nitrogens with one attached hydrogen (secondary N) is 2. The van der Waals surface area contributed by atoms with Gasteiger partial charge in [0.25, 0.3) is 0 Å². The molecular weight excluding hydrogens is 352 g/mol. The van der Waals surface area contributed by atoms with Crippen molar-refractivity contribution in [2.45, 2.75) is 57.3 Å². The highest BCUT2D eigenvalue weighted by Gasteiger charge is 2.48. The average molecular weight is 380 g/mol. The molecule has 148 valence electrons. The molecule has 2 heterocycles. The molecule has 2 aliphatic carbocycles. The zero-order chi connectivity index (χ0) is 19.4. The Balaban J connectivity index is 1.35. The van der Waals surface area contributed by atoms with Gasteiger partial charge >= 0.3 is 0 Å². The summed E-state index contributed by atoms with van der Waals surface area (Å²) in [5.41, 5.74) is 3.71. The van der Waals surface area contributed by atoms with E-state index in [1.807, 2.05) is 24.3 Å². The number of benzene rings is 1. The van der Waals surface area contributed by atoms with Crippen LogP contribution < -0.4 is 10.6 Å². The van der Waals surface area contributed by atoms with Crippen LogP contribution in [0.5, 0.6) is 0 Å². The number of allylic oxidation sites excluding steroid dienone is 1. The molecule has 3 fully saturated rings. The van der Waals surface area contributed by atoms with Crippen molar-refractivity contribution in [2.24, 2.45) is 11.3 Å². The lowest BCUT2D eigenvalue weighted by molar-refractivity contribution is -0.124. The second kappa shape index (κ2) is 6.45. The summed E-state index contributed by atoms with van der Waals surface area (Å²) in [5, 5.41) is 6.04. The maximum absolute atomic E-state index is 12.7. The van der Waals surface area contributed by atoms with E-state index in [0.717, 1.165) is 16.9 Å². The summed E-state index contributed by atoms with van der Waals surface area (Å²) in [5.74, 6) is 0.592. The van der Waals surface area contributed by atoms with Crippen molar-refractivity contribution in [3.63, 3.8) is 0 Å². The van der Waals surface area contributed by atoms with E-state index in [9.17, 15) is 9.59 Å². The number of fused-ring (bicyclic) bond motifs is 2. The fourth-order valence-corrected chi connectivity index (χ4v) is 5.02. The molecule has 0 radical (unpaired) electrons. The van der Waals surface area contributed by atoms with Crippen molar-refractivity contribution in [1.29, 1.82) is 0 Å². The van der Waals surface area contributed by atoms with Crippen molar-refractivity contribution in [2.75, 3.05) is 23.8 Å². The van der Waals surface area contributed by atoms with Crippen molar-refractivity contribution < 1.29 is 14.3 Å². The van der Waals surface area contributed by atoms with E-state index in [4.69, 9.17) is 4.74 Å². The fraction of sp³-hybridized carbons (Fsp3) is 0.565. The molecule has 0 aromatic heterocycles. The molecule has 1 saturated heterocycles. The molecule has 0 unspecified atom stereocenters. The van der Waals surface area contributed by atoms with Crippen LogP contribution >= 0.6 is 0 Å². The van der Waals surface area contributed by atoms with Gasteiger partial charge in [-0.1, -0.05) is 25.0 Å². The Hall–Kier alpha value is -2.14. The normalized spacial score (nSPS) is 25.0. The number of ether oxygens (including phenoxy) is 1. The first-order valence-electron chi connectivity index (χ1n) is 10.6. The summed E-state index contributed by atoms with van der Waals surface area (Å²) >= 11 is 0. The van der Waals surface area contributed by atoms with Crippen molar-refractivity contribution in [3.05, 3.63) is 35.4 Å². The molecule has 0 bridgehead atoms. The zero-order valence-electron chi connectivity index (χ0n) is 16.5. The van der Waals surface area contributed by atoms with Gasteiger partial charge in [0.2, 0.25) is 11.8 Å². The van der Waals surface area contributed by atoms with E-state index in [-0.39, 0.29) is 17.2 Å². The molecule has 1 aromatic rings. The molecule has 28 heavy (non-hydrogen) atoms. The standard InChI is InChI=1S/C23H28N2O3/c1-22(7-8-22)18(15-3-2-4-15)14-20(26)24-16-5-6-17-19(13-16)25-21(27)23(17)9-11-28-12-10-23/h5-6,13-15H,2-4,7-12H2,1H3,(H,24,26)(H,25,27)/b18-14-. The first kappa shape index (κ1) is 17.9. The Morgan fingerprint density at radius 1 is 1.21 bits per heavy atom. The Bertz CT molecular complexity index is 859. The SMILES string of the molecule is CC1(/C(=C\C(=O)Nc2ccc3c(c2)NC(=O)C32CCOCC2)C2CCC2)CC1. The van der Waals surface area contributed by atoms with Crippen LogP contribution in [0.25, 0.3) is 0 Å². The first-order chi connectivity index (χ1) is 13.5. The third kappa shape index (κ3) is 2.87. The molecule has 2 saturated carbocycles. The Labute approximate surface area is 165 Å². The quantitative estimate of drug-likeness (QED) is 0.771. The monoisotopic (exact) mass is 380 g/mol. The minimum atomic E-state index is -0.464. The van der Waals surface area contributed by atoms with Crippen LogP contribution in [-0.2, 0) is 19.7 Å². The van der Waals surface area contributed by atoms with Gasteiger partial charge < -0.3 is 15.4 Å². The summed E-state index contributed by atoms with van der Waals surface area (Å²) in [7, 11) is 0. The molecule has 4 aliphatic rings. The van der Waals surface area contributed by atoms with Crippen LogP contribution in [0.15, 0.2) is 29.8 Å². The van der Waals surface area contributed by atoms with Crippen molar-refractivity contribution in [1.82, 2.24) is 0 Å². The number of hydrogen-bond acceptors (Lipinski definition) is 3. The van der Waals surface area contributed by atoms with E-state index in [1.165, 1.54) is 37.7 Å². The summed E-state index contributed by atoms with van der Waals surface area (Å²) < 4.78 is 5.46. The van der Waals surface area contributed by atoms with Crippen LogP contribution in [0, 0.1) is 11.3 Å². The molecule has 1 aromatic carbocycles. The van der Waals surface area contributed by atoms with Gasteiger partial charge in [-0.2, -0.15) is 0 Å². The van der Waals surface area contributed by atoms with Crippen LogP contribution in [0.1, 0.15) is 57.4 Å². The van der Waals surface area contributed by atoms with Crippen LogP contribution in [-0.4, -0.2) is 25.0 Å². The topological polar surface area (TPSA) is 67.4 Å². The summed E-state index contributed by atoms with van der Waals surface area (Å²) in [4.78, 5) is 25.4. The lowest BCUT2D eigenvalue weighted by atomic mass is 9.73. The van der Waals surface area contributed by atoms with E-state index in [1.54, 1.807) is 0 Å². The van der Waals surface area contributed by atoms with Gasteiger partial charge in [0, 0.05) is 30.7 Å². The molecule has 0 atom stereocenters. The fourth-order valence-electron chi connectivity index (χ4n) is 5.02. The maximum Gasteiger partial charge on any atom is 0.248 e. The summed E-state index contributed by atoms with van der Waals surface area (Å²) in [6.07, 6.45) is 9.36. The highest BCUT2D eigenvalue weighted by atomic mass is 16.5. The maximum atomic E-state index is 12.7. The predicted molar refractivity (Wildman–Crippen MR) is 108 cm³/mol. The lowest BCUT2D eigenvalue weighted by Gasteiger charge is -2.32. The smallest absolute Gasteiger partial charge is 0.248 e. The summed E-state index contributed by atoms with van der Waals surface area (Å²) in [6.45, 7) is 3.50. The minimum absolute atomic E-state index is 0.0555. The Morgan fingerprint density at radius 3 is 2.61 bits per heavy atom. The number of anilines is 2. The van der Waals surface area contributed by atoms with Crippen LogP contribution in [0.2, 0.25) is 0 Å². The minimum Gasteiger partial charge on any atom is -0.381 e. The molecular formula is C23H28N2O3. The van der Waals surface area contributed by atoms with Gasteiger partial charge in [0.15, 0.2) is 0 Å². The third-order valence-electron chi connectivity index (χ3n) is 7.36. The number of amides is 2. The van der Waals surface area contributed by atoms with E-state index in [2.05, 4.69) is 17.6 Å². The first-order valence-corrected chi connectivity index (χ1v) is 10.6. The van der Waals surface area contributed by atoms with Gasteiger partial charge in [-0.15, -0.1) is 0 Å². The van der Waals surface area contributed by atoms with Crippen molar-refractivity contribution >= 4 is 23.2 Å². The highest BCUT2D eigenvalue weighted by Crippen LogP contribution is 2.56. The highest BCUT2D eigenvalue weighted by molar-refractivity contribution is 6.07. The molecule has 5 heteroatoms. The van der Waals surface area contributed by atoms with E-state index < -0.39 is 5.41 Å². The van der Waals surface area contributed by atoms with Gasteiger partial charge in [-0.05, 0) is 67.6 Å². The van der Waals surface area contributed by atoms with E-state index >= 15 is 0 Å². The Kier molecular flexibility index (Phi) is 4.13. The molecule has 1 spiro atoms. The number of rotatable bonds is 4. The molecule has 2 aliphatic heterocycles. The van der Waals surface area contributed by atoms with Crippen LogP contribution in [0.4, 0.5) is 11.4 Å². The third-order valence-corrected chi connectivity index (χ3v) is 7.36. The van der Waals surface area contributed by atoms with Gasteiger partial charge in [0.05, 0.1) is 5.41 Å². The summed E-state index contributed by atoms with van der Waals surface area (Å²) in [6, 6.07) is 5.81. The van der Waals surface area contributed by atoms with Gasteiger partial charge in [-0.3, -0.25) is 9.59 Å². The number of hydrogen-bond donors (Lipinski definition) is 2. The zero-order valence-corrected chi connectivity index (χ0v) is 16.5. The molecule has 5 rings (SSSR count). The average Bonchev–Trinajstić information content (AvgIpc) is 3.33. The largest absolute Gasteiger partial charge is 0.381 e. The number of carbonyl (C=O) groups excluding carboxylic acids is 2. The number of carbonyl (C=O) groups is 2. The molecule has 2 amide bonds. The van der Waals surface area contributed by atoms with Crippen molar-refractivity contribution in [3.8, 4) is 0 Å². The molecule has 5 nitrogen and oxygen atoms in total. The van der Waals surface area contributed by atoms with Gasteiger partial charge in [0.1, 0.15) is 0 Å².